The summed E-state index contributed by atoms with van der Waals surface area (Å²) in [7, 11) is 6.00. The van der Waals surface area contributed by atoms with Gasteiger partial charge < -0.3 is 19.7 Å². The standard InChI is InChI=1S/C20H28N4O2/c1-22(2)13-14-24-15(7-8-19(24)25)9-11-21-20(26)17-5-4-6-18-16(17)10-12-23(18)3/h4-6,10,12,15H,7-9,11,13-14H2,1-3H3,(H,21,26)/t15-/m1/s1. The molecule has 1 saturated heterocycles. The van der Waals surface area contributed by atoms with Crippen LogP contribution in [-0.4, -0.2) is 66.0 Å². The fourth-order valence-electron chi connectivity index (χ4n) is 3.66. The molecule has 0 spiro atoms. The van der Waals surface area contributed by atoms with Crippen molar-refractivity contribution in [3.05, 3.63) is 36.0 Å². The summed E-state index contributed by atoms with van der Waals surface area (Å²) in [6, 6.07) is 7.99. The minimum absolute atomic E-state index is 0.0500. The lowest BCUT2D eigenvalue weighted by Crippen LogP contribution is -2.40. The highest BCUT2D eigenvalue weighted by Gasteiger charge is 2.30. The second-order valence-corrected chi connectivity index (χ2v) is 7.29. The lowest BCUT2D eigenvalue weighted by atomic mass is 10.1. The largest absolute Gasteiger partial charge is 0.352 e. The first-order valence-electron chi connectivity index (χ1n) is 9.24. The van der Waals surface area contributed by atoms with Crippen LogP contribution in [0.15, 0.2) is 30.5 Å². The maximum atomic E-state index is 12.6. The fourth-order valence-corrected chi connectivity index (χ4v) is 3.66. The predicted molar refractivity (Wildman–Crippen MR) is 103 cm³/mol. The minimum Gasteiger partial charge on any atom is -0.352 e. The van der Waals surface area contributed by atoms with Gasteiger partial charge in [0.05, 0.1) is 0 Å². The number of likely N-dealkylation sites (N-methyl/N-ethyl adjacent to an activating group) is 1. The minimum atomic E-state index is -0.0500. The zero-order valence-electron chi connectivity index (χ0n) is 15.9. The molecule has 0 saturated carbocycles. The van der Waals surface area contributed by atoms with Crippen molar-refractivity contribution in [3.8, 4) is 0 Å². The molecule has 1 aromatic heterocycles. The Kier molecular flexibility index (Phi) is 5.61. The van der Waals surface area contributed by atoms with Crippen LogP contribution in [0.2, 0.25) is 0 Å². The number of benzene rings is 1. The Balaban J connectivity index is 1.57. The summed E-state index contributed by atoms with van der Waals surface area (Å²) in [5, 5.41) is 4.00. The van der Waals surface area contributed by atoms with Crippen LogP contribution in [0.1, 0.15) is 29.6 Å². The SMILES string of the molecule is CN(C)CCN1C(=O)CC[C@@H]1CCNC(=O)c1cccc2c1ccn2C. The number of aromatic nitrogens is 1. The topological polar surface area (TPSA) is 57.6 Å². The van der Waals surface area contributed by atoms with Crippen molar-refractivity contribution < 1.29 is 9.59 Å². The second kappa shape index (κ2) is 7.91. The Bertz CT molecular complexity index is 796. The van der Waals surface area contributed by atoms with E-state index in [1.807, 2.05) is 61.1 Å². The van der Waals surface area contributed by atoms with Crippen molar-refractivity contribution in [2.45, 2.75) is 25.3 Å². The van der Waals surface area contributed by atoms with Crippen LogP contribution in [-0.2, 0) is 11.8 Å². The van der Waals surface area contributed by atoms with Crippen molar-refractivity contribution >= 4 is 22.7 Å². The van der Waals surface area contributed by atoms with Crippen LogP contribution >= 0.6 is 0 Å². The molecule has 1 atom stereocenters. The number of amides is 2. The van der Waals surface area contributed by atoms with Gasteiger partial charge in [-0.2, -0.15) is 0 Å². The summed E-state index contributed by atoms with van der Waals surface area (Å²) < 4.78 is 2.01. The van der Waals surface area contributed by atoms with Crippen LogP contribution in [0, 0.1) is 0 Å². The van der Waals surface area contributed by atoms with Gasteiger partial charge >= 0.3 is 0 Å². The van der Waals surface area contributed by atoms with E-state index in [0.29, 0.717) is 18.5 Å². The molecule has 3 rings (SSSR count). The monoisotopic (exact) mass is 356 g/mol. The third kappa shape index (κ3) is 3.90. The number of carbonyl (C=O) groups excluding carboxylic acids is 2. The van der Waals surface area contributed by atoms with Crippen molar-refractivity contribution in [3.63, 3.8) is 0 Å². The molecule has 2 aromatic rings. The van der Waals surface area contributed by atoms with Gasteiger partial charge in [-0.25, -0.2) is 0 Å². The zero-order chi connectivity index (χ0) is 18.7. The molecule has 0 bridgehead atoms. The Morgan fingerprint density at radius 3 is 2.88 bits per heavy atom. The van der Waals surface area contributed by atoms with Crippen molar-refractivity contribution in [1.29, 1.82) is 0 Å². The van der Waals surface area contributed by atoms with Gasteiger partial charge in [0.25, 0.3) is 5.91 Å². The number of likely N-dealkylation sites (tertiary alicyclic amines) is 1. The second-order valence-electron chi connectivity index (χ2n) is 7.29. The highest BCUT2D eigenvalue weighted by atomic mass is 16.2. The quantitative estimate of drug-likeness (QED) is 0.824. The number of nitrogens with one attached hydrogen (secondary N) is 1. The van der Waals surface area contributed by atoms with Crippen LogP contribution < -0.4 is 5.32 Å². The molecule has 1 N–H and O–H groups in total. The van der Waals surface area contributed by atoms with Crippen LogP contribution in [0.3, 0.4) is 0 Å². The molecular formula is C20H28N4O2. The van der Waals surface area contributed by atoms with Gasteiger partial charge in [-0.15, -0.1) is 0 Å². The van der Waals surface area contributed by atoms with E-state index in [9.17, 15) is 9.59 Å². The van der Waals surface area contributed by atoms with Crippen LogP contribution in [0.25, 0.3) is 10.9 Å². The Hall–Kier alpha value is -2.34. The van der Waals surface area contributed by atoms with Crippen LogP contribution in [0.5, 0.6) is 0 Å². The summed E-state index contributed by atoms with van der Waals surface area (Å²) in [5.41, 5.74) is 1.75. The first-order valence-corrected chi connectivity index (χ1v) is 9.24. The van der Waals surface area contributed by atoms with Crippen LogP contribution in [0.4, 0.5) is 0 Å². The third-order valence-corrected chi connectivity index (χ3v) is 5.18. The number of carbonyl (C=O) groups is 2. The molecule has 1 aromatic carbocycles. The number of hydrogen-bond acceptors (Lipinski definition) is 3. The number of rotatable bonds is 7. The number of fused-ring (bicyclic) bond motifs is 1. The van der Waals surface area contributed by atoms with Gasteiger partial charge in [0.15, 0.2) is 0 Å². The third-order valence-electron chi connectivity index (χ3n) is 5.18. The average molecular weight is 356 g/mol. The summed E-state index contributed by atoms with van der Waals surface area (Å²) in [4.78, 5) is 28.7. The molecule has 0 aliphatic carbocycles. The molecule has 140 valence electrons. The maximum Gasteiger partial charge on any atom is 0.251 e. The molecule has 2 heterocycles. The smallest absolute Gasteiger partial charge is 0.251 e. The van der Waals surface area contributed by atoms with E-state index in [1.165, 1.54) is 0 Å². The van der Waals surface area contributed by atoms with Gasteiger partial charge in [0.1, 0.15) is 0 Å². The molecule has 6 heteroatoms. The van der Waals surface area contributed by atoms with Gasteiger partial charge in [0, 0.05) is 61.8 Å². The molecule has 26 heavy (non-hydrogen) atoms. The van der Waals surface area contributed by atoms with E-state index in [1.54, 1.807) is 0 Å². The maximum absolute atomic E-state index is 12.6. The molecule has 0 unspecified atom stereocenters. The van der Waals surface area contributed by atoms with Gasteiger partial charge in [-0.05, 0) is 45.1 Å². The number of aryl methyl sites for hydroxylation is 1. The Labute approximate surface area is 154 Å². The number of hydrogen-bond donors (Lipinski definition) is 1. The lowest BCUT2D eigenvalue weighted by molar-refractivity contribution is -0.129. The first-order chi connectivity index (χ1) is 12.5. The summed E-state index contributed by atoms with van der Waals surface area (Å²) in [6.07, 6.45) is 4.27. The van der Waals surface area contributed by atoms with Gasteiger partial charge in [-0.3, -0.25) is 9.59 Å². The highest BCUT2D eigenvalue weighted by molar-refractivity contribution is 6.06. The van der Waals surface area contributed by atoms with Gasteiger partial charge in [-0.1, -0.05) is 6.07 Å². The molecule has 0 radical (unpaired) electrons. The summed E-state index contributed by atoms with van der Waals surface area (Å²) in [6.45, 7) is 2.21. The zero-order valence-corrected chi connectivity index (χ0v) is 15.9. The summed E-state index contributed by atoms with van der Waals surface area (Å²) in [5.74, 6) is 0.184. The first kappa shape index (κ1) is 18.5. The molecular weight excluding hydrogens is 328 g/mol. The number of nitrogens with zero attached hydrogens (tertiary/aromatic N) is 3. The van der Waals surface area contributed by atoms with E-state index in [0.717, 1.165) is 36.8 Å². The fraction of sp³-hybridized carbons (Fsp3) is 0.500. The predicted octanol–water partition coefficient (Wildman–Crippen LogP) is 1.85. The lowest BCUT2D eigenvalue weighted by Gasteiger charge is -2.26. The highest BCUT2D eigenvalue weighted by Crippen LogP contribution is 2.22. The molecule has 1 aliphatic heterocycles. The molecule has 1 aliphatic rings. The molecule has 6 nitrogen and oxygen atoms in total. The van der Waals surface area contributed by atoms with Crippen molar-refractivity contribution in [2.75, 3.05) is 33.7 Å². The summed E-state index contributed by atoms with van der Waals surface area (Å²) >= 11 is 0. The Morgan fingerprint density at radius 1 is 1.31 bits per heavy atom. The van der Waals surface area contributed by atoms with E-state index in [-0.39, 0.29) is 17.9 Å². The Morgan fingerprint density at radius 2 is 2.12 bits per heavy atom. The van der Waals surface area contributed by atoms with Crippen molar-refractivity contribution in [2.24, 2.45) is 7.05 Å². The average Bonchev–Trinajstić information content (AvgIpc) is 3.16. The van der Waals surface area contributed by atoms with E-state index < -0.39 is 0 Å². The molecule has 1 fully saturated rings. The molecule has 2 amide bonds. The van der Waals surface area contributed by atoms with Crippen molar-refractivity contribution in [1.82, 2.24) is 19.7 Å². The van der Waals surface area contributed by atoms with Gasteiger partial charge in [0.2, 0.25) is 5.91 Å². The van der Waals surface area contributed by atoms with E-state index in [2.05, 4.69) is 10.2 Å². The van der Waals surface area contributed by atoms with E-state index >= 15 is 0 Å². The van der Waals surface area contributed by atoms with E-state index in [4.69, 9.17) is 0 Å². The normalized spacial score (nSPS) is 17.5.